The summed E-state index contributed by atoms with van der Waals surface area (Å²) in [6, 6.07) is 16.6. The Morgan fingerprint density at radius 3 is 1.48 bits per heavy atom. The maximum Gasteiger partial charge on any atom is 0.454 e. The molecule has 2 aromatic rings. The summed E-state index contributed by atoms with van der Waals surface area (Å²) in [7, 11) is -2.31. The van der Waals surface area contributed by atoms with Gasteiger partial charge in [-0.1, -0.05) is 63.1 Å². The van der Waals surface area contributed by atoms with Gasteiger partial charge in [-0.05, 0) is 36.1 Å². The molecule has 23 heavy (non-hydrogen) atoms. The van der Waals surface area contributed by atoms with Crippen LogP contribution in [0, 0.1) is 0 Å². The largest absolute Gasteiger partial charge is 0.512 e. The Balaban J connectivity index is 2.16. The SMILES string of the molecule is CCCc1ccccc1O[Si](C)(C)Oc1ccccc1CCC. The van der Waals surface area contributed by atoms with Crippen molar-refractivity contribution in [1.29, 1.82) is 0 Å². The molecule has 0 unspecified atom stereocenters. The van der Waals surface area contributed by atoms with E-state index in [-0.39, 0.29) is 0 Å². The highest BCUT2D eigenvalue weighted by molar-refractivity contribution is 6.66. The lowest BCUT2D eigenvalue weighted by Gasteiger charge is -2.27. The van der Waals surface area contributed by atoms with Gasteiger partial charge in [-0.25, -0.2) is 0 Å². The smallest absolute Gasteiger partial charge is 0.454 e. The monoisotopic (exact) mass is 328 g/mol. The van der Waals surface area contributed by atoms with Crippen LogP contribution in [-0.2, 0) is 12.8 Å². The van der Waals surface area contributed by atoms with Crippen LogP contribution in [0.3, 0.4) is 0 Å². The zero-order valence-corrected chi connectivity index (χ0v) is 15.8. The summed E-state index contributed by atoms with van der Waals surface area (Å²) >= 11 is 0. The minimum atomic E-state index is -2.31. The van der Waals surface area contributed by atoms with Crippen molar-refractivity contribution in [3.8, 4) is 11.5 Å². The summed E-state index contributed by atoms with van der Waals surface area (Å²) in [5, 5.41) is 0. The molecule has 0 atom stereocenters. The summed E-state index contributed by atoms with van der Waals surface area (Å²) in [6.07, 6.45) is 4.30. The summed E-state index contributed by atoms with van der Waals surface area (Å²) in [5.74, 6) is 1.94. The molecule has 0 saturated carbocycles. The van der Waals surface area contributed by atoms with E-state index in [1.165, 1.54) is 11.1 Å². The van der Waals surface area contributed by atoms with Crippen LogP contribution in [0.25, 0.3) is 0 Å². The first-order chi connectivity index (χ1) is 11.1. The Kier molecular flexibility index (Phi) is 6.28. The molecule has 0 radical (unpaired) electrons. The maximum atomic E-state index is 6.34. The highest BCUT2D eigenvalue weighted by atomic mass is 28.4. The molecule has 0 heterocycles. The van der Waals surface area contributed by atoms with Crippen molar-refractivity contribution in [2.75, 3.05) is 0 Å². The summed E-state index contributed by atoms with van der Waals surface area (Å²) in [4.78, 5) is 0. The van der Waals surface area contributed by atoms with E-state index in [0.29, 0.717) is 0 Å². The predicted molar refractivity (Wildman–Crippen MR) is 99.6 cm³/mol. The lowest BCUT2D eigenvalue weighted by atomic mass is 10.1. The van der Waals surface area contributed by atoms with Crippen LogP contribution in [0.2, 0.25) is 13.1 Å². The Bertz CT molecular complexity index is 569. The van der Waals surface area contributed by atoms with Gasteiger partial charge in [-0.15, -0.1) is 0 Å². The zero-order chi connectivity index (χ0) is 16.7. The molecule has 0 N–H and O–H groups in total. The molecule has 0 aliphatic rings. The number of hydrogen-bond acceptors (Lipinski definition) is 2. The highest BCUT2D eigenvalue weighted by Crippen LogP contribution is 2.27. The van der Waals surface area contributed by atoms with Crippen molar-refractivity contribution in [2.45, 2.75) is 52.6 Å². The maximum absolute atomic E-state index is 6.34. The number of para-hydroxylation sites is 2. The van der Waals surface area contributed by atoms with E-state index in [1.54, 1.807) is 0 Å². The van der Waals surface area contributed by atoms with Gasteiger partial charge in [0.1, 0.15) is 11.5 Å². The number of hydrogen-bond donors (Lipinski definition) is 0. The number of aryl methyl sites for hydroxylation is 2. The third kappa shape index (κ3) is 5.14. The lowest BCUT2D eigenvalue weighted by molar-refractivity contribution is 0.394. The fourth-order valence-electron chi connectivity index (χ4n) is 2.71. The van der Waals surface area contributed by atoms with Crippen LogP contribution in [-0.4, -0.2) is 8.56 Å². The van der Waals surface area contributed by atoms with Gasteiger partial charge in [0.25, 0.3) is 0 Å². The van der Waals surface area contributed by atoms with Crippen molar-refractivity contribution < 1.29 is 8.85 Å². The van der Waals surface area contributed by atoms with E-state index in [2.05, 4.69) is 63.3 Å². The molecule has 2 aromatic carbocycles. The van der Waals surface area contributed by atoms with Crippen LogP contribution in [0.5, 0.6) is 11.5 Å². The second kappa shape index (κ2) is 8.21. The van der Waals surface area contributed by atoms with E-state index >= 15 is 0 Å². The Morgan fingerprint density at radius 1 is 0.696 bits per heavy atom. The molecule has 0 aliphatic carbocycles. The minimum Gasteiger partial charge on any atom is -0.512 e. The molecule has 3 heteroatoms. The highest BCUT2D eigenvalue weighted by Gasteiger charge is 2.30. The van der Waals surface area contributed by atoms with Crippen molar-refractivity contribution in [1.82, 2.24) is 0 Å². The van der Waals surface area contributed by atoms with Gasteiger partial charge in [0.05, 0.1) is 0 Å². The minimum absolute atomic E-state index is 0.971. The molecule has 0 spiro atoms. The molecule has 0 amide bonds. The van der Waals surface area contributed by atoms with Gasteiger partial charge >= 0.3 is 8.56 Å². The molecule has 0 aliphatic heterocycles. The summed E-state index contributed by atoms with van der Waals surface area (Å²) in [6.45, 7) is 8.60. The number of benzene rings is 2. The van der Waals surface area contributed by atoms with Crippen LogP contribution < -0.4 is 8.85 Å². The molecule has 0 aromatic heterocycles. The molecule has 0 saturated heterocycles. The summed E-state index contributed by atoms with van der Waals surface area (Å²) in [5.41, 5.74) is 2.53. The lowest BCUT2D eigenvalue weighted by Crippen LogP contribution is -2.42. The molecule has 124 valence electrons. The fraction of sp³-hybridized carbons (Fsp3) is 0.400. The predicted octanol–water partition coefficient (Wildman–Crippen LogP) is 5.75. The van der Waals surface area contributed by atoms with Crippen LogP contribution in [0.1, 0.15) is 37.8 Å². The van der Waals surface area contributed by atoms with Gasteiger partial charge in [-0.3, -0.25) is 0 Å². The second-order valence-electron chi connectivity index (χ2n) is 6.32. The Labute approximate surface area is 141 Å². The average molecular weight is 329 g/mol. The first-order valence-electron chi connectivity index (χ1n) is 8.59. The van der Waals surface area contributed by atoms with Gasteiger partial charge < -0.3 is 8.85 Å². The van der Waals surface area contributed by atoms with Crippen molar-refractivity contribution in [2.24, 2.45) is 0 Å². The van der Waals surface area contributed by atoms with Crippen molar-refractivity contribution in [3.63, 3.8) is 0 Å². The first kappa shape index (κ1) is 17.6. The Morgan fingerprint density at radius 2 is 1.09 bits per heavy atom. The Hall–Kier alpha value is -1.74. The molecule has 2 nitrogen and oxygen atoms in total. The molecule has 0 fully saturated rings. The van der Waals surface area contributed by atoms with Crippen molar-refractivity contribution in [3.05, 3.63) is 59.7 Å². The third-order valence-electron chi connectivity index (χ3n) is 3.70. The zero-order valence-electron chi connectivity index (χ0n) is 14.8. The topological polar surface area (TPSA) is 18.5 Å². The van der Waals surface area contributed by atoms with Crippen LogP contribution in [0.4, 0.5) is 0 Å². The van der Waals surface area contributed by atoms with Crippen LogP contribution >= 0.6 is 0 Å². The average Bonchev–Trinajstić information content (AvgIpc) is 2.51. The fourth-order valence-corrected chi connectivity index (χ4v) is 4.21. The van der Waals surface area contributed by atoms with E-state index in [0.717, 1.165) is 37.2 Å². The standard InChI is InChI=1S/C20H28O2Si/c1-5-11-17-13-7-9-15-19(17)21-23(3,4)22-20-16-10-8-14-18(20)12-6-2/h7-10,13-16H,5-6,11-12H2,1-4H3. The molecule has 0 bridgehead atoms. The van der Waals surface area contributed by atoms with E-state index in [4.69, 9.17) is 8.85 Å². The van der Waals surface area contributed by atoms with Crippen LogP contribution in [0.15, 0.2) is 48.5 Å². The van der Waals surface area contributed by atoms with Gasteiger partial charge in [0.15, 0.2) is 0 Å². The van der Waals surface area contributed by atoms with E-state index in [1.807, 2.05) is 12.1 Å². The number of rotatable bonds is 8. The normalized spacial score (nSPS) is 11.3. The first-order valence-corrected chi connectivity index (χ1v) is 11.4. The summed E-state index contributed by atoms with van der Waals surface area (Å²) < 4.78 is 12.7. The molecular weight excluding hydrogens is 300 g/mol. The molecular formula is C20H28O2Si. The third-order valence-corrected chi connectivity index (χ3v) is 5.12. The molecule has 2 rings (SSSR count). The van der Waals surface area contributed by atoms with Gasteiger partial charge in [-0.2, -0.15) is 0 Å². The second-order valence-corrected chi connectivity index (χ2v) is 9.53. The van der Waals surface area contributed by atoms with E-state index < -0.39 is 8.56 Å². The van der Waals surface area contributed by atoms with E-state index in [9.17, 15) is 0 Å². The quantitative estimate of drug-likeness (QED) is 0.574. The van der Waals surface area contributed by atoms with Crippen molar-refractivity contribution >= 4 is 8.56 Å². The van der Waals surface area contributed by atoms with Gasteiger partial charge in [0, 0.05) is 13.1 Å². The van der Waals surface area contributed by atoms with Gasteiger partial charge in [0.2, 0.25) is 0 Å².